The first-order valence-electron chi connectivity index (χ1n) is 4.94. The van der Waals surface area contributed by atoms with Gasteiger partial charge in [-0.2, -0.15) is 0 Å². The van der Waals surface area contributed by atoms with E-state index in [1.54, 1.807) is 11.3 Å². The molecule has 2 aromatic rings. The predicted octanol–water partition coefficient (Wildman–Crippen LogP) is 1.51. The van der Waals surface area contributed by atoms with Gasteiger partial charge in [0.25, 0.3) is 0 Å². The molecule has 0 saturated heterocycles. The maximum atomic E-state index is 4.22. The molecule has 4 nitrogen and oxygen atoms in total. The van der Waals surface area contributed by atoms with Crippen LogP contribution in [-0.4, -0.2) is 21.5 Å². The van der Waals surface area contributed by atoms with Crippen LogP contribution in [0.1, 0.15) is 16.5 Å². The van der Waals surface area contributed by atoms with E-state index in [9.17, 15) is 0 Å². The zero-order valence-electron chi connectivity index (χ0n) is 8.66. The van der Waals surface area contributed by atoms with E-state index >= 15 is 0 Å². The quantitative estimate of drug-likeness (QED) is 0.754. The lowest BCUT2D eigenvalue weighted by atomic mass is 10.4. The Kier molecular flexibility index (Phi) is 3.47. The largest absolute Gasteiger partial charge is 0.345 e. The first kappa shape index (κ1) is 10.3. The van der Waals surface area contributed by atoms with Gasteiger partial charge in [-0.3, -0.25) is 0 Å². The van der Waals surface area contributed by atoms with Crippen LogP contribution in [0.5, 0.6) is 0 Å². The van der Waals surface area contributed by atoms with Crippen LogP contribution in [0.2, 0.25) is 0 Å². The third-order valence-electron chi connectivity index (χ3n) is 2.07. The Hall–Kier alpha value is -1.20. The van der Waals surface area contributed by atoms with Gasteiger partial charge in [-0.15, -0.1) is 11.3 Å². The van der Waals surface area contributed by atoms with E-state index in [1.807, 2.05) is 24.7 Å². The highest BCUT2D eigenvalue weighted by molar-refractivity contribution is 7.09. The average Bonchev–Trinajstić information content (AvgIpc) is 2.84. The maximum absolute atomic E-state index is 4.22. The SMILES string of the molecule is Cc1ncc(CNCCc2nccs2)[nH]1. The first-order chi connectivity index (χ1) is 7.34. The third-order valence-corrected chi connectivity index (χ3v) is 2.91. The number of rotatable bonds is 5. The summed E-state index contributed by atoms with van der Waals surface area (Å²) in [5.74, 6) is 0.965. The minimum absolute atomic E-state index is 0.839. The fraction of sp³-hybridized carbons (Fsp3) is 0.400. The Bertz CT molecular complexity index is 393. The Morgan fingerprint density at radius 3 is 3.07 bits per heavy atom. The van der Waals surface area contributed by atoms with Crippen LogP contribution < -0.4 is 5.32 Å². The Balaban J connectivity index is 1.67. The number of thiazole rings is 1. The third kappa shape index (κ3) is 3.14. The van der Waals surface area contributed by atoms with Crippen LogP contribution in [0.4, 0.5) is 0 Å². The lowest BCUT2D eigenvalue weighted by molar-refractivity contribution is 0.675. The second-order valence-corrected chi connectivity index (χ2v) is 4.33. The average molecular weight is 222 g/mol. The number of imidazole rings is 1. The van der Waals surface area contributed by atoms with Gasteiger partial charge in [-0.1, -0.05) is 0 Å². The molecule has 0 aromatic carbocycles. The molecule has 2 N–H and O–H groups in total. The van der Waals surface area contributed by atoms with Gasteiger partial charge in [0.15, 0.2) is 0 Å². The van der Waals surface area contributed by atoms with Crippen molar-refractivity contribution in [3.63, 3.8) is 0 Å². The molecular weight excluding hydrogens is 208 g/mol. The molecule has 0 aliphatic carbocycles. The summed E-state index contributed by atoms with van der Waals surface area (Å²) in [6.07, 6.45) is 4.70. The van der Waals surface area contributed by atoms with Gasteiger partial charge in [0.1, 0.15) is 5.82 Å². The summed E-state index contributed by atoms with van der Waals surface area (Å²) >= 11 is 1.70. The number of aryl methyl sites for hydroxylation is 1. The van der Waals surface area contributed by atoms with E-state index in [0.29, 0.717) is 0 Å². The van der Waals surface area contributed by atoms with E-state index in [1.165, 1.54) is 5.01 Å². The Morgan fingerprint density at radius 2 is 2.40 bits per heavy atom. The standard InChI is InChI=1S/C10H14N4S/c1-8-13-7-9(14-8)6-11-3-2-10-12-4-5-15-10/h4-5,7,11H,2-3,6H2,1H3,(H,13,14). The highest BCUT2D eigenvalue weighted by Crippen LogP contribution is 2.03. The second kappa shape index (κ2) is 5.04. The van der Waals surface area contributed by atoms with Crippen LogP contribution in [0.25, 0.3) is 0 Å². The number of hydrogen-bond acceptors (Lipinski definition) is 4. The Labute approximate surface area is 92.8 Å². The van der Waals surface area contributed by atoms with Gasteiger partial charge in [-0.05, 0) is 6.92 Å². The van der Waals surface area contributed by atoms with Crippen molar-refractivity contribution < 1.29 is 0 Å². The lowest BCUT2D eigenvalue weighted by Crippen LogP contribution is -2.16. The molecule has 0 saturated carbocycles. The number of hydrogen-bond donors (Lipinski definition) is 2. The van der Waals surface area contributed by atoms with Crippen molar-refractivity contribution in [1.82, 2.24) is 20.3 Å². The van der Waals surface area contributed by atoms with Crippen LogP contribution in [0.3, 0.4) is 0 Å². The maximum Gasteiger partial charge on any atom is 0.103 e. The summed E-state index contributed by atoms with van der Waals surface area (Å²) in [6.45, 7) is 3.75. The summed E-state index contributed by atoms with van der Waals surface area (Å²) in [6, 6.07) is 0. The molecule has 0 aliphatic rings. The van der Waals surface area contributed by atoms with Gasteiger partial charge in [0.05, 0.1) is 5.01 Å². The summed E-state index contributed by atoms with van der Waals surface area (Å²) in [5, 5.41) is 6.54. The molecule has 80 valence electrons. The van der Waals surface area contributed by atoms with Gasteiger partial charge in [-0.25, -0.2) is 9.97 Å². The van der Waals surface area contributed by atoms with E-state index < -0.39 is 0 Å². The van der Waals surface area contributed by atoms with Crippen LogP contribution in [0.15, 0.2) is 17.8 Å². The highest BCUT2D eigenvalue weighted by Gasteiger charge is 1.97. The van der Waals surface area contributed by atoms with Crippen molar-refractivity contribution in [2.45, 2.75) is 19.9 Å². The van der Waals surface area contributed by atoms with Gasteiger partial charge in [0.2, 0.25) is 0 Å². The summed E-state index contributed by atoms with van der Waals surface area (Å²) in [5.41, 5.74) is 1.13. The number of nitrogens with one attached hydrogen (secondary N) is 2. The molecule has 0 atom stereocenters. The van der Waals surface area contributed by atoms with Gasteiger partial charge < -0.3 is 10.3 Å². The normalized spacial score (nSPS) is 10.7. The monoisotopic (exact) mass is 222 g/mol. The van der Waals surface area contributed by atoms with Gasteiger partial charge >= 0.3 is 0 Å². The molecular formula is C10H14N4S. The number of aromatic nitrogens is 3. The fourth-order valence-electron chi connectivity index (χ4n) is 1.36. The van der Waals surface area contributed by atoms with Gasteiger partial charge in [0, 0.05) is 43.0 Å². The minimum atomic E-state index is 0.839. The molecule has 0 bridgehead atoms. The molecule has 0 amide bonds. The molecule has 0 spiro atoms. The second-order valence-electron chi connectivity index (χ2n) is 3.35. The zero-order chi connectivity index (χ0) is 10.5. The van der Waals surface area contributed by atoms with Crippen molar-refractivity contribution in [2.24, 2.45) is 0 Å². The predicted molar refractivity (Wildman–Crippen MR) is 60.8 cm³/mol. The molecule has 0 fully saturated rings. The Morgan fingerprint density at radius 1 is 1.47 bits per heavy atom. The highest BCUT2D eigenvalue weighted by atomic mass is 32.1. The van der Waals surface area contributed by atoms with Crippen molar-refractivity contribution >= 4 is 11.3 Å². The molecule has 0 aliphatic heterocycles. The van der Waals surface area contributed by atoms with Crippen molar-refractivity contribution in [1.29, 1.82) is 0 Å². The molecule has 2 aromatic heterocycles. The first-order valence-corrected chi connectivity index (χ1v) is 5.82. The van der Waals surface area contributed by atoms with Crippen LogP contribution in [-0.2, 0) is 13.0 Å². The summed E-state index contributed by atoms with van der Waals surface area (Å²) in [7, 11) is 0. The number of aromatic amines is 1. The number of nitrogens with zero attached hydrogens (tertiary/aromatic N) is 2. The molecule has 15 heavy (non-hydrogen) atoms. The van der Waals surface area contributed by atoms with E-state index in [4.69, 9.17) is 0 Å². The van der Waals surface area contributed by atoms with Crippen molar-refractivity contribution in [2.75, 3.05) is 6.54 Å². The smallest absolute Gasteiger partial charge is 0.103 e. The van der Waals surface area contributed by atoms with Crippen molar-refractivity contribution in [3.05, 3.63) is 34.3 Å². The van der Waals surface area contributed by atoms with E-state index in [0.717, 1.165) is 31.0 Å². The fourth-order valence-corrected chi connectivity index (χ4v) is 1.98. The molecule has 2 rings (SSSR count). The van der Waals surface area contributed by atoms with E-state index in [2.05, 4.69) is 20.3 Å². The van der Waals surface area contributed by atoms with E-state index in [-0.39, 0.29) is 0 Å². The molecule has 5 heteroatoms. The minimum Gasteiger partial charge on any atom is -0.345 e. The topological polar surface area (TPSA) is 53.6 Å². The van der Waals surface area contributed by atoms with Crippen LogP contribution >= 0.6 is 11.3 Å². The molecule has 0 radical (unpaired) electrons. The van der Waals surface area contributed by atoms with Crippen molar-refractivity contribution in [3.8, 4) is 0 Å². The molecule has 2 heterocycles. The summed E-state index contributed by atoms with van der Waals surface area (Å²) in [4.78, 5) is 11.5. The van der Waals surface area contributed by atoms with Crippen LogP contribution in [0, 0.1) is 6.92 Å². The lowest BCUT2D eigenvalue weighted by Gasteiger charge is -2.00. The molecule has 0 unspecified atom stereocenters. The zero-order valence-corrected chi connectivity index (χ0v) is 9.47. The number of H-pyrrole nitrogens is 1. The summed E-state index contributed by atoms with van der Waals surface area (Å²) < 4.78 is 0.